The monoisotopic (exact) mass is 381 g/mol. The average molecular weight is 381 g/mol. The van der Waals surface area contributed by atoms with E-state index in [-0.39, 0.29) is 12.5 Å². The van der Waals surface area contributed by atoms with E-state index in [0.717, 1.165) is 36.0 Å². The zero-order valence-corrected chi connectivity index (χ0v) is 16.4. The highest BCUT2D eigenvalue weighted by molar-refractivity contribution is 7.92. The van der Waals surface area contributed by atoms with E-state index in [2.05, 4.69) is 5.32 Å². The van der Waals surface area contributed by atoms with Crippen LogP contribution in [0.3, 0.4) is 0 Å². The van der Waals surface area contributed by atoms with Gasteiger partial charge in [0, 0.05) is 26.2 Å². The fraction of sp³-hybridized carbons (Fsp3) is 0.611. The molecule has 0 radical (unpaired) electrons. The molecular formula is C18H27N3O4S. The first kappa shape index (κ1) is 18.8. The molecule has 0 aromatic heterocycles. The van der Waals surface area contributed by atoms with Crippen LogP contribution in [-0.4, -0.2) is 62.7 Å². The highest BCUT2D eigenvalue weighted by atomic mass is 32.2. The second kappa shape index (κ2) is 7.34. The number of hydrogen-bond donors (Lipinski definition) is 1. The minimum atomic E-state index is -3.06. The zero-order valence-electron chi connectivity index (χ0n) is 15.6. The number of rotatable bonds is 4. The van der Waals surface area contributed by atoms with Gasteiger partial charge in [0.2, 0.25) is 6.79 Å². The predicted octanol–water partition coefficient (Wildman–Crippen LogP) is 1.43. The van der Waals surface area contributed by atoms with Gasteiger partial charge in [-0.15, -0.1) is 0 Å². The Morgan fingerprint density at radius 2 is 2.08 bits per heavy atom. The Morgan fingerprint density at radius 1 is 1.31 bits per heavy atom. The normalized spacial score (nSPS) is 20.9. The number of hydrogen-bond acceptors (Lipinski definition) is 5. The molecule has 2 aliphatic rings. The lowest BCUT2D eigenvalue weighted by Crippen LogP contribution is -2.57. The van der Waals surface area contributed by atoms with E-state index in [1.54, 1.807) is 13.8 Å². The Bertz CT molecular complexity index is 790. The van der Waals surface area contributed by atoms with Gasteiger partial charge < -0.3 is 19.7 Å². The third-order valence-electron chi connectivity index (χ3n) is 4.78. The SMILES string of the molecule is CCNC(=NCCc1ccc2c(c1)OCO2)N1CCS(=O)(=O)C(C)(C)C1. The second-order valence-corrected chi connectivity index (χ2v) is 9.92. The fourth-order valence-corrected chi connectivity index (χ4v) is 4.50. The lowest BCUT2D eigenvalue weighted by atomic mass is 10.1. The summed E-state index contributed by atoms with van der Waals surface area (Å²) in [4.78, 5) is 6.75. The first-order valence-electron chi connectivity index (χ1n) is 8.96. The maximum atomic E-state index is 12.2. The zero-order chi connectivity index (χ0) is 18.8. The van der Waals surface area contributed by atoms with Gasteiger partial charge >= 0.3 is 0 Å². The largest absolute Gasteiger partial charge is 0.454 e. The molecule has 144 valence electrons. The Kier molecular flexibility index (Phi) is 5.32. The molecule has 1 fully saturated rings. The minimum Gasteiger partial charge on any atom is -0.454 e. The third-order valence-corrected chi connectivity index (χ3v) is 7.31. The van der Waals surface area contributed by atoms with E-state index >= 15 is 0 Å². The van der Waals surface area contributed by atoms with Crippen molar-refractivity contribution in [1.82, 2.24) is 10.2 Å². The predicted molar refractivity (Wildman–Crippen MR) is 102 cm³/mol. The molecule has 1 N–H and O–H groups in total. The molecule has 3 rings (SSSR count). The molecule has 0 aliphatic carbocycles. The lowest BCUT2D eigenvalue weighted by Gasteiger charge is -2.39. The molecule has 2 heterocycles. The van der Waals surface area contributed by atoms with Crippen LogP contribution in [0, 0.1) is 0 Å². The number of benzene rings is 1. The molecule has 8 heteroatoms. The summed E-state index contributed by atoms with van der Waals surface area (Å²) in [6, 6.07) is 5.93. The van der Waals surface area contributed by atoms with Crippen molar-refractivity contribution in [2.45, 2.75) is 31.9 Å². The van der Waals surface area contributed by atoms with Crippen LogP contribution in [0.25, 0.3) is 0 Å². The summed E-state index contributed by atoms with van der Waals surface area (Å²) < 4.78 is 34.4. The van der Waals surface area contributed by atoms with Gasteiger partial charge in [-0.25, -0.2) is 8.42 Å². The van der Waals surface area contributed by atoms with Crippen LogP contribution in [0.2, 0.25) is 0 Å². The van der Waals surface area contributed by atoms with Crippen LogP contribution in [0.5, 0.6) is 11.5 Å². The highest BCUT2D eigenvalue weighted by Gasteiger charge is 2.40. The molecule has 1 aromatic rings. The van der Waals surface area contributed by atoms with E-state index in [0.29, 0.717) is 19.6 Å². The molecule has 0 atom stereocenters. The van der Waals surface area contributed by atoms with Crippen molar-refractivity contribution in [3.8, 4) is 11.5 Å². The van der Waals surface area contributed by atoms with Crippen LogP contribution in [0.15, 0.2) is 23.2 Å². The Labute approximate surface area is 155 Å². The maximum Gasteiger partial charge on any atom is 0.231 e. The number of fused-ring (bicyclic) bond motifs is 1. The van der Waals surface area contributed by atoms with Gasteiger partial charge in [0.1, 0.15) is 0 Å². The van der Waals surface area contributed by atoms with Crippen LogP contribution < -0.4 is 14.8 Å². The standard InChI is InChI=1S/C18H27N3O4S/c1-4-19-17(21-9-10-26(22,23)18(2,3)12-21)20-8-7-14-5-6-15-16(11-14)25-13-24-15/h5-6,11H,4,7-10,12-13H2,1-3H3,(H,19,20). The molecule has 1 aromatic carbocycles. The van der Waals surface area contributed by atoms with Crippen molar-refractivity contribution >= 4 is 15.8 Å². The molecular weight excluding hydrogens is 354 g/mol. The molecule has 0 saturated carbocycles. The van der Waals surface area contributed by atoms with E-state index in [1.165, 1.54) is 0 Å². The molecule has 0 spiro atoms. The summed E-state index contributed by atoms with van der Waals surface area (Å²) in [6.07, 6.45) is 0.779. The van der Waals surface area contributed by atoms with Crippen molar-refractivity contribution < 1.29 is 17.9 Å². The van der Waals surface area contributed by atoms with Crippen molar-refractivity contribution in [3.63, 3.8) is 0 Å². The Balaban J connectivity index is 1.66. The molecule has 26 heavy (non-hydrogen) atoms. The lowest BCUT2D eigenvalue weighted by molar-refractivity contribution is 0.174. The van der Waals surface area contributed by atoms with Gasteiger partial charge in [0.05, 0.1) is 10.5 Å². The minimum absolute atomic E-state index is 0.159. The summed E-state index contributed by atoms with van der Waals surface area (Å²) in [7, 11) is -3.06. The van der Waals surface area contributed by atoms with Crippen LogP contribution in [0.4, 0.5) is 0 Å². The molecule has 0 bridgehead atoms. The number of aliphatic imine (C=N–C) groups is 1. The van der Waals surface area contributed by atoms with Crippen molar-refractivity contribution in [1.29, 1.82) is 0 Å². The molecule has 7 nitrogen and oxygen atoms in total. The third kappa shape index (κ3) is 3.90. The first-order valence-corrected chi connectivity index (χ1v) is 10.6. The number of guanidine groups is 1. The number of nitrogens with one attached hydrogen (secondary N) is 1. The second-order valence-electron chi connectivity index (χ2n) is 7.17. The van der Waals surface area contributed by atoms with E-state index < -0.39 is 14.6 Å². The number of nitrogens with zero attached hydrogens (tertiary/aromatic N) is 2. The fourth-order valence-electron chi connectivity index (χ4n) is 3.14. The van der Waals surface area contributed by atoms with Gasteiger partial charge in [-0.2, -0.15) is 0 Å². The van der Waals surface area contributed by atoms with Crippen LogP contribution in [-0.2, 0) is 16.3 Å². The topological polar surface area (TPSA) is 80.2 Å². The quantitative estimate of drug-likeness (QED) is 0.628. The number of ether oxygens (including phenoxy) is 2. The van der Waals surface area contributed by atoms with Crippen LogP contribution >= 0.6 is 0 Å². The first-order chi connectivity index (χ1) is 12.3. The summed E-state index contributed by atoms with van der Waals surface area (Å²) in [6.45, 7) is 8.13. The van der Waals surface area contributed by atoms with Crippen molar-refractivity contribution in [3.05, 3.63) is 23.8 Å². The summed E-state index contributed by atoms with van der Waals surface area (Å²) in [5.41, 5.74) is 1.13. The van der Waals surface area contributed by atoms with E-state index in [9.17, 15) is 8.42 Å². The van der Waals surface area contributed by atoms with Crippen molar-refractivity contribution in [2.24, 2.45) is 4.99 Å². The van der Waals surface area contributed by atoms with Crippen LogP contribution in [0.1, 0.15) is 26.3 Å². The summed E-state index contributed by atoms with van der Waals surface area (Å²) in [5, 5.41) is 3.28. The summed E-state index contributed by atoms with van der Waals surface area (Å²) >= 11 is 0. The van der Waals surface area contributed by atoms with Gasteiger partial charge in [-0.05, 0) is 44.9 Å². The molecule has 1 saturated heterocycles. The van der Waals surface area contributed by atoms with Gasteiger partial charge in [0.25, 0.3) is 0 Å². The smallest absolute Gasteiger partial charge is 0.231 e. The molecule has 0 unspecified atom stereocenters. The molecule has 0 amide bonds. The maximum absolute atomic E-state index is 12.2. The highest BCUT2D eigenvalue weighted by Crippen LogP contribution is 2.32. The van der Waals surface area contributed by atoms with Gasteiger partial charge in [-0.3, -0.25) is 4.99 Å². The van der Waals surface area contributed by atoms with E-state index in [1.807, 2.05) is 30.0 Å². The Hall–Kier alpha value is -1.96. The molecule has 2 aliphatic heterocycles. The van der Waals surface area contributed by atoms with Crippen molar-refractivity contribution in [2.75, 3.05) is 38.7 Å². The van der Waals surface area contributed by atoms with Gasteiger partial charge in [0.15, 0.2) is 27.3 Å². The number of sulfone groups is 1. The van der Waals surface area contributed by atoms with Gasteiger partial charge in [-0.1, -0.05) is 6.07 Å². The van der Waals surface area contributed by atoms with E-state index in [4.69, 9.17) is 14.5 Å². The average Bonchev–Trinajstić information content (AvgIpc) is 3.04. The Morgan fingerprint density at radius 3 is 2.81 bits per heavy atom. The summed E-state index contributed by atoms with van der Waals surface area (Å²) in [5.74, 6) is 2.49.